The molecule has 2 saturated heterocycles. The second-order valence-electron chi connectivity index (χ2n) is 5.93. The van der Waals surface area contributed by atoms with E-state index in [2.05, 4.69) is 5.32 Å². The van der Waals surface area contributed by atoms with Crippen molar-refractivity contribution in [3.8, 4) is 0 Å². The number of hydrogen-bond acceptors (Lipinski definition) is 3. The maximum atomic E-state index is 11.4. The predicted octanol–water partition coefficient (Wildman–Crippen LogP) is 0.106. The van der Waals surface area contributed by atoms with Crippen molar-refractivity contribution in [2.75, 3.05) is 39.3 Å². The lowest BCUT2D eigenvalue weighted by molar-refractivity contribution is -0.929. The van der Waals surface area contributed by atoms with Gasteiger partial charge in [-0.2, -0.15) is 0 Å². The van der Waals surface area contributed by atoms with Crippen molar-refractivity contribution in [3.05, 3.63) is 0 Å². The van der Waals surface area contributed by atoms with E-state index in [1.165, 1.54) is 0 Å². The molecule has 5 heteroatoms. The van der Waals surface area contributed by atoms with Gasteiger partial charge in [-0.05, 0) is 6.92 Å². The summed E-state index contributed by atoms with van der Waals surface area (Å²) >= 11 is 0. The molecule has 2 aliphatic rings. The highest BCUT2D eigenvalue weighted by molar-refractivity contribution is 5.78. The molecule has 0 amide bonds. The lowest BCUT2D eigenvalue weighted by Crippen LogP contribution is -2.61. The van der Waals surface area contributed by atoms with E-state index < -0.39 is 5.97 Å². The summed E-state index contributed by atoms with van der Waals surface area (Å²) < 4.78 is 0.672. The molecule has 0 radical (unpaired) electrons. The number of aliphatic carboxylic acids is 1. The zero-order valence-corrected chi connectivity index (χ0v) is 11.0. The van der Waals surface area contributed by atoms with E-state index in [1.54, 1.807) is 6.92 Å². The van der Waals surface area contributed by atoms with Gasteiger partial charge < -0.3 is 14.9 Å². The Balaban J connectivity index is 1.97. The van der Waals surface area contributed by atoms with Crippen molar-refractivity contribution < 1.29 is 19.2 Å². The molecular weight excluding hydrogens is 232 g/mol. The molecule has 0 unspecified atom stereocenters. The molecule has 2 fully saturated rings. The summed E-state index contributed by atoms with van der Waals surface area (Å²) in [7, 11) is 0. The van der Waals surface area contributed by atoms with Crippen LogP contribution in [0.5, 0.6) is 0 Å². The van der Waals surface area contributed by atoms with Crippen LogP contribution in [0.3, 0.4) is 0 Å². The molecule has 18 heavy (non-hydrogen) atoms. The van der Waals surface area contributed by atoms with Crippen LogP contribution in [0.2, 0.25) is 0 Å². The van der Waals surface area contributed by atoms with E-state index in [0.717, 1.165) is 45.6 Å². The second kappa shape index (κ2) is 5.36. The average molecular weight is 255 g/mol. The van der Waals surface area contributed by atoms with E-state index in [1.807, 2.05) is 0 Å². The Labute approximate surface area is 108 Å². The Kier molecular flexibility index (Phi) is 4.02. The third kappa shape index (κ3) is 3.09. The number of nitrogens with zero attached hydrogens (tertiary/aromatic N) is 1. The number of carbonyl (C=O) groups is 2. The number of likely N-dealkylation sites (tertiary alicyclic amines) is 1. The number of carboxylic acid groups (broad SMARTS) is 1. The van der Waals surface area contributed by atoms with E-state index in [0.29, 0.717) is 10.4 Å². The van der Waals surface area contributed by atoms with E-state index in [4.69, 9.17) is 5.11 Å². The largest absolute Gasteiger partial charge is 0.477 e. The van der Waals surface area contributed by atoms with Crippen LogP contribution in [0.25, 0.3) is 0 Å². The van der Waals surface area contributed by atoms with Crippen LogP contribution in [0.1, 0.15) is 19.8 Å². The first kappa shape index (κ1) is 13.5. The molecule has 0 atom stereocenters. The summed E-state index contributed by atoms with van der Waals surface area (Å²) in [5.41, 5.74) is 0. The summed E-state index contributed by atoms with van der Waals surface area (Å²) in [6.07, 6.45) is 1.70. The highest BCUT2D eigenvalue weighted by atomic mass is 16.4. The van der Waals surface area contributed by atoms with Gasteiger partial charge >= 0.3 is 5.97 Å². The Morgan fingerprint density at radius 3 is 2.28 bits per heavy atom. The summed E-state index contributed by atoms with van der Waals surface area (Å²) in [6, 6.07) is 0. The minimum absolute atomic E-state index is 0.157. The van der Waals surface area contributed by atoms with Gasteiger partial charge in [-0.1, -0.05) is 0 Å². The van der Waals surface area contributed by atoms with Gasteiger partial charge in [-0.3, -0.25) is 4.79 Å². The zero-order valence-electron chi connectivity index (χ0n) is 11.0. The molecule has 0 bridgehead atoms. The van der Waals surface area contributed by atoms with E-state index >= 15 is 0 Å². The zero-order chi connectivity index (χ0) is 13.2. The predicted molar refractivity (Wildman–Crippen MR) is 67.1 cm³/mol. The Hall–Kier alpha value is -0.940. The van der Waals surface area contributed by atoms with Gasteiger partial charge in [0.25, 0.3) is 0 Å². The van der Waals surface area contributed by atoms with Gasteiger partial charge in [0.2, 0.25) is 0 Å². The number of hydrogen-bond donors (Lipinski definition) is 2. The SMILES string of the molecule is CC(=O)C1CC[N+](CC(=O)O)(CC2CNC2)CC1. The average Bonchev–Trinajstić information content (AvgIpc) is 2.23. The third-order valence-electron chi connectivity index (χ3n) is 4.46. The molecule has 0 saturated carbocycles. The van der Waals surface area contributed by atoms with Gasteiger partial charge in [-0.25, -0.2) is 4.79 Å². The third-order valence-corrected chi connectivity index (χ3v) is 4.46. The van der Waals surface area contributed by atoms with Crippen molar-refractivity contribution in [2.45, 2.75) is 19.8 Å². The first-order chi connectivity index (χ1) is 8.51. The standard InChI is InChI=1S/C13H22N2O3/c1-10(16)12-2-4-15(5-3-12,9-13(17)18)8-11-6-14-7-11/h11-12,14H,2-9H2,1H3/p+1. The Morgan fingerprint density at radius 2 is 1.89 bits per heavy atom. The molecule has 2 heterocycles. The maximum Gasteiger partial charge on any atom is 0.359 e. The molecular formula is C13H23N2O3+. The summed E-state index contributed by atoms with van der Waals surface area (Å²) in [5, 5.41) is 12.3. The molecule has 0 aromatic heterocycles. The van der Waals surface area contributed by atoms with Crippen molar-refractivity contribution >= 4 is 11.8 Å². The minimum Gasteiger partial charge on any atom is -0.477 e. The molecule has 0 aromatic rings. The number of carbonyl (C=O) groups excluding carboxylic acids is 1. The molecule has 2 aliphatic heterocycles. The smallest absolute Gasteiger partial charge is 0.359 e. The number of piperidine rings is 1. The highest BCUT2D eigenvalue weighted by Gasteiger charge is 2.39. The molecule has 102 valence electrons. The Morgan fingerprint density at radius 1 is 1.28 bits per heavy atom. The lowest BCUT2D eigenvalue weighted by Gasteiger charge is -2.45. The molecule has 2 N–H and O–H groups in total. The maximum absolute atomic E-state index is 11.4. The van der Waals surface area contributed by atoms with Crippen LogP contribution in [0, 0.1) is 11.8 Å². The van der Waals surface area contributed by atoms with Crippen LogP contribution in [0.15, 0.2) is 0 Å². The van der Waals surface area contributed by atoms with Crippen molar-refractivity contribution in [3.63, 3.8) is 0 Å². The molecule has 0 aliphatic carbocycles. The van der Waals surface area contributed by atoms with Gasteiger partial charge in [0.15, 0.2) is 6.54 Å². The van der Waals surface area contributed by atoms with Gasteiger partial charge in [-0.15, -0.1) is 0 Å². The number of carboxylic acids is 1. The minimum atomic E-state index is -0.719. The topological polar surface area (TPSA) is 66.4 Å². The van der Waals surface area contributed by atoms with Crippen molar-refractivity contribution in [1.82, 2.24) is 5.32 Å². The first-order valence-electron chi connectivity index (χ1n) is 6.79. The summed E-state index contributed by atoms with van der Waals surface area (Å²) in [5.74, 6) is 0.305. The van der Waals surface area contributed by atoms with Crippen LogP contribution in [-0.2, 0) is 9.59 Å². The highest BCUT2D eigenvalue weighted by Crippen LogP contribution is 2.26. The summed E-state index contributed by atoms with van der Waals surface area (Å²) in [4.78, 5) is 22.5. The lowest BCUT2D eigenvalue weighted by atomic mass is 9.90. The Bertz CT molecular complexity index is 331. The normalized spacial score (nSPS) is 32.8. The van der Waals surface area contributed by atoms with Crippen LogP contribution < -0.4 is 5.32 Å². The number of ketones is 1. The van der Waals surface area contributed by atoms with Crippen LogP contribution in [-0.4, -0.2) is 60.6 Å². The number of Topliss-reactive ketones (excluding diaryl/α,β-unsaturated/α-hetero) is 1. The fourth-order valence-corrected chi connectivity index (χ4v) is 3.24. The first-order valence-corrected chi connectivity index (χ1v) is 6.79. The van der Waals surface area contributed by atoms with Crippen molar-refractivity contribution in [1.29, 1.82) is 0 Å². The monoisotopic (exact) mass is 255 g/mol. The number of quaternary nitrogens is 1. The summed E-state index contributed by atoms with van der Waals surface area (Å²) in [6.45, 7) is 6.51. The number of rotatable bonds is 5. The van der Waals surface area contributed by atoms with Gasteiger partial charge in [0.1, 0.15) is 5.78 Å². The van der Waals surface area contributed by atoms with Crippen LogP contribution >= 0.6 is 0 Å². The molecule has 0 spiro atoms. The van der Waals surface area contributed by atoms with Gasteiger partial charge in [0.05, 0.1) is 19.6 Å². The fourth-order valence-electron chi connectivity index (χ4n) is 3.24. The molecule has 2 rings (SSSR count). The van der Waals surface area contributed by atoms with E-state index in [9.17, 15) is 9.59 Å². The quantitative estimate of drug-likeness (QED) is 0.684. The molecule has 0 aromatic carbocycles. The van der Waals surface area contributed by atoms with Crippen LogP contribution in [0.4, 0.5) is 0 Å². The van der Waals surface area contributed by atoms with Crippen molar-refractivity contribution in [2.24, 2.45) is 11.8 Å². The number of nitrogens with one attached hydrogen (secondary N) is 1. The molecule has 5 nitrogen and oxygen atoms in total. The second-order valence-corrected chi connectivity index (χ2v) is 5.93. The van der Waals surface area contributed by atoms with E-state index in [-0.39, 0.29) is 18.2 Å². The fraction of sp³-hybridized carbons (Fsp3) is 0.846. The van der Waals surface area contributed by atoms with Gasteiger partial charge in [0, 0.05) is 37.8 Å².